The van der Waals surface area contributed by atoms with Crippen molar-refractivity contribution in [2.75, 3.05) is 20.3 Å². The van der Waals surface area contributed by atoms with Gasteiger partial charge in [-0.15, -0.1) is 0 Å². The zero-order valence-corrected chi connectivity index (χ0v) is 10.1. The number of aliphatic hydroxyl groups is 2. The maximum atomic E-state index is 10.9. The topological polar surface area (TPSA) is 76.0 Å². The fourth-order valence-corrected chi connectivity index (χ4v) is 1.15. The second-order valence-corrected chi connectivity index (χ2v) is 3.57. The molecule has 5 heteroatoms. The summed E-state index contributed by atoms with van der Waals surface area (Å²) in [6.07, 6.45) is 2.06. The van der Waals surface area contributed by atoms with Crippen LogP contribution in [0.3, 0.4) is 0 Å². The maximum Gasteiger partial charge on any atom is 0.330 e. The first-order chi connectivity index (χ1) is 8.65. The van der Waals surface area contributed by atoms with E-state index >= 15 is 0 Å². The van der Waals surface area contributed by atoms with Crippen LogP contribution in [-0.2, 0) is 9.53 Å². The van der Waals surface area contributed by atoms with Crippen LogP contribution in [0.4, 0.5) is 0 Å². The molecule has 2 N–H and O–H groups in total. The fraction of sp³-hybridized carbons (Fsp3) is 0.308. The zero-order valence-electron chi connectivity index (χ0n) is 10.1. The number of aliphatic hydroxyl groups excluding tert-OH is 2. The second-order valence-electron chi connectivity index (χ2n) is 3.57. The number of rotatable bonds is 6. The highest BCUT2D eigenvalue weighted by Crippen LogP contribution is 2.13. The fourth-order valence-electron chi connectivity index (χ4n) is 1.15. The van der Waals surface area contributed by atoms with Crippen LogP contribution < -0.4 is 4.74 Å². The van der Waals surface area contributed by atoms with Crippen molar-refractivity contribution in [2.45, 2.75) is 6.10 Å². The molecule has 0 amide bonds. The van der Waals surface area contributed by atoms with E-state index in [0.717, 1.165) is 5.56 Å². The summed E-state index contributed by atoms with van der Waals surface area (Å²) in [5.74, 6) is 0.166. The van der Waals surface area contributed by atoms with Crippen molar-refractivity contribution in [1.29, 1.82) is 0 Å². The van der Waals surface area contributed by atoms with Crippen molar-refractivity contribution >= 4 is 12.0 Å². The average Bonchev–Trinajstić information content (AvgIpc) is 2.43. The number of benzene rings is 1. The summed E-state index contributed by atoms with van der Waals surface area (Å²) in [4.78, 5) is 10.9. The SMILES string of the molecule is COC(=O)C=Cc1ccc(OCC(O)CO)cc1. The Bertz CT molecular complexity index is 396. The summed E-state index contributed by atoms with van der Waals surface area (Å²) >= 11 is 0. The summed E-state index contributed by atoms with van der Waals surface area (Å²) in [6, 6.07) is 6.95. The molecule has 1 rings (SSSR count). The van der Waals surface area contributed by atoms with Crippen molar-refractivity contribution in [3.05, 3.63) is 35.9 Å². The van der Waals surface area contributed by atoms with Crippen molar-refractivity contribution < 1.29 is 24.5 Å². The van der Waals surface area contributed by atoms with Crippen LogP contribution in [0, 0.1) is 0 Å². The normalized spacial score (nSPS) is 12.4. The molecule has 0 saturated carbocycles. The van der Waals surface area contributed by atoms with E-state index in [1.54, 1.807) is 30.3 Å². The predicted molar refractivity (Wildman–Crippen MR) is 66.1 cm³/mol. The molecule has 0 saturated heterocycles. The van der Waals surface area contributed by atoms with E-state index < -0.39 is 12.1 Å². The highest BCUT2D eigenvalue weighted by atomic mass is 16.5. The lowest BCUT2D eigenvalue weighted by Gasteiger charge is -2.09. The monoisotopic (exact) mass is 252 g/mol. The molecule has 98 valence electrons. The van der Waals surface area contributed by atoms with Gasteiger partial charge in [0.2, 0.25) is 0 Å². The summed E-state index contributed by atoms with van der Waals surface area (Å²) in [5.41, 5.74) is 0.829. The second kappa shape index (κ2) is 7.47. The Kier molecular flexibility index (Phi) is 5.90. The lowest BCUT2D eigenvalue weighted by Crippen LogP contribution is -2.21. The smallest absolute Gasteiger partial charge is 0.330 e. The third kappa shape index (κ3) is 4.99. The van der Waals surface area contributed by atoms with Gasteiger partial charge in [-0.2, -0.15) is 0 Å². The third-order valence-corrected chi connectivity index (χ3v) is 2.15. The Morgan fingerprint density at radius 1 is 1.39 bits per heavy atom. The molecule has 0 spiro atoms. The third-order valence-electron chi connectivity index (χ3n) is 2.15. The molecule has 1 aromatic rings. The van der Waals surface area contributed by atoms with Crippen LogP contribution in [-0.4, -0.2) is 42.6 Å². The highest BCUT2D eigenvalue weighted by Gasteiger charge is 2.02. The zero-order chi connectivity index (χ0) is 13.4. The minimum Gasteiger partial charge on any atom is -0.491 e. The Morgan fingerprint density at radius 3 is 2.61 bits per heavy atom. The molecule has 0 aliphatic rings. The van der Waals surface area contributed by atoms with Gasteiger partial charge >= 0.3 is 5.97 Å². The van der Waals surface area contributed by atoms with E-state index in [-0.39, 0.29) is 13.2 Å². The number of esters is 1. The first kappa shape index (κ1) is 14.2. The molecule has 1 atom stereocenters. The lowest BCUT2D eigenvalue weighted by molar-refractivity contribution is -0.134. The van der Waals surface area contributed by atoms with E-state index in [1.807, 2.05) is 0 Å². The molecule has 0 aliphatic carbocycles. The van der Waals surface area contributed by atoms with E-state index in [2.05, 4.69) is 4.74 Å². The van der Waals surface area contributed by atoms with Gasteiger partial charge < -0.3 is 19.7 Å². The summed E-state index contributed by atoms with van der Waals surface area (Å²) in [6.45, 7) is -0.298. The molecular weight excluding hydrogens is 236 g/mol. The van der Waals surface area contributed by atoms with E-state index in [9.17, 15) is 4.79 Å². The average molecular weight is 252 g/mol. The quantitative estimate of drug-likeness (QED) is 0.573. The van der Waals surface area contributed by atoms with E-state index in [0.29, 0.717) is 5.75 Å². The highest BCUT2D eigenvalue weighted by molar-refractivity contribution is 5.86. The van der Waals surface area contributed by atoms with Crippen LogP contribution in [0.1, 0.15) is 5.56 Å². The summed E-state index contributed by atoms with van der Waals surface area (Å²) in [5, 5.41) is 17.7. The first-order valence-corrected chi connectivity index (χ1v) is 5.43. The maximum absolute atomic E-state index is 10.9. The van der Waals surface area contributed by atoms with Crippen LogP contribution in [0.15, 0.2) is 30.3 Å². The minimum absolute atomic E-state index is 0.0356. The number of methoxy groups -OCH3 is 1. The molecule has 1 unspecified atom stereocenters. The van der Waals surface area contributed by atoms with Crippen molar-refractivity contribution in [3.8, 4) is 5.75 Å². The van der Waals surface area contributed by atoms with Crippen LogP contribution in [0.2, 0.25) is 0 Å². The van der Waals surface area contributed by atoms with Gasteiger partial charge in [0, 0.05) is 6.08 Å². The molecule has 0 aliphatic heterocycles. The molecular formula is C13H16O5. The number of ether oxygens (including phenoxy) is 2. The van der Waals surface area contributed by atoms with Crippen molar-refractivity contribution in [1.82, 2.24) is 0 Å². The summed E-state index contributed by atoms with van der Waals surface area (Å²) in [7, 11) is 1.32. The largest absolute Gasteiger partial charge is 0.491 e. The van der Waals surface area contributed by atoms with Gasteiger partial charge in [-0.1, -0.05) is 12.1 Å². The van der Waals surface area contributed by atoms with Crippen LogP contribution >= 0.6 is 0 Å². The van der Waals surface area contributed by atoms with Crippen molar-refractivity contribution in [2.24, 2.45) is 0 Å². The number of hydrogen-bond acceptors (Lipinski definition) is 5. The number of carbonyl (C=O) groups is 1. The predicted octanol–water partition coefficient (Wildman–Crippen LogP) is 0.605. The molecule has 0 aromatic heterocycles. The minimum atomic E-state index is -0.885. The van der Waals surface area contributed by atoms with Crippen LogP contribution in [0.25, 0.3) is 6.08 Å². The molecule has 1 aromatic carbocycles. The number of hydrogen-bond donors (Lipinski definition) is 2. The van der Waals surface area contributed by atoms with Gasteiger partial charge in [-0.25, -0.2) is 4.79 Å². The molecule has 0 bridgehead atoms. The molecule has 0 fully saturated rings. The van der Waals surface area contributed by atoms with Crippen LogP contribution in [0.5, 0.6) is 5.75 Å². The number of carbonyl (C=O) groups excluding carboxylic acids is 1. The molecule has 0 radical (unpaired) electrons. The van der Waals surface area contributed by atoms with E-state index in [1.165, 1.54) is 13.2 Å². The standard InChI is InChI=1S/C13H16O5/c1-17-13(16)7-4-10-2-5-12(6-3-10)18-9-11(15)8-14/h2-7,11,14-15H,8-9H2,1H3. The van der Waals surface area contributed by atoms with Crippen molar-refractivity contribution in [3.63, 3.8) is 0 Å². The Hall–Kier alpha value is -1.85. The molecule has 18 heavy (non-hydrogen) atoms. The molecule has 0 heterocycles. The Labute approximate surface area is 105 Å². The van der Waals surface area contributed by atoms with Gasteiger partial charge in [-0.3, -0.25) is 0 Å². The van der Waals surface area contributed by atoms with Gasteiger partial charge in [0.1, 0.15) is 18.5 Å². The van der Waals surface area contributed by atoms with Gasteiger partial charge in [0.15, 0.2) is 0 Å². The van der Waals surface area contributed by atoms with Gasteiger partial charge in [0.05, 0.1) is 13.7 Å². The van der Waals surface area contributed by atoms with Gasteiger partial charge in [0.25, 0.3) is 0 Å². The van der Waals surface area contributed by atoms with E-state index in [4.69, 9.17) is 14.9 Å². The summed E-state index contributed by atoms with van der Waals surface area (Å²) < 4.78 is 9.71. The van der Waals surface area contributed by atoms with Gasteiger partial charge in [-0.05, 0) is 23.8 Å². The molecule has 5 nitrogen and oxygen atoms in total. The Morgan fingerprint density at radius 2 is 2.06 bits per heavy atom. The lowest BCUT2D eigenvalue weighted by atomic mass is 10.2. The Balaban J connectivity index is 2.52. The first-order valence-electron chi connectivity index (χ1n) is 5.43.